The van der Waals surface area contributed by atoms with Crippen LogP contribution in [0.2, 0.25) is 0 Å². The maximum absolute atomic E-state index is 9.35. The predicted molar refractivity (Wildman–Crippen MR) is 110 cm³/mol. The molecule has 0 aliphatic carbocycles. The molecule has 1 unspecified atom stereocenters. The van der Waals surface area contributed by atoms with E-state index < -0.39 is 0 Å². The minimum absolute atomic E-state index is 0.0674. The lowest BCUT2D eigenvalue weighted by Gasteiger charge is -2.18. The van der Waals surface area contributed by atoms with E-state index in [1.807, 2.05) is 44.3 Å². The standard InChI is InChI=1S/C21H22BrNO3/c1-14(13-24)26-21-17(18(22)10-11-20(21)25-3)9-8-16-12-15-6-4-5-7-19(15)23(16)2/h4-12,14,24H,13H2,1-3H3/b9-8+. The van der Waals surface area contributed by atoms with Crippen molar-refractivity contribution >= 4 is 39.0 Å². The first-order valence-electron chi connectivity index (χ1n) is 8.41. The highest BCUT2D eigenvalue weighted by Crippen LogP contribution is 2.38. The number of aromatic nitrogens is 1. The molecule has 3 aromatic rings. The van der Waals surface area contributed by atoms with Crippen LogP contribution in [0.4, 0.5) is 0 Å². The van der Waals surface area contributed by atoms with Gasteiger partial charge in [-0.3, -0.25) is 0 Å². The molecule has 1 atom stereocenters. The van der Waals surface area contributed by atoms with Gasteiger partial charge in [-0.05, 0) is 43.3 Å². The molecule has 3 rings (SSSR count). The number of aliphatic hydroxyl groups is 1. The van der Waals surface area contributed by atoms with Crippen LogP contribution < -0.4 is 9.47 Å². The number of ether oxygens (including phenoxy) is 2. The Morgan fingerprint density at radius 2 is 1.96 bits per heavy atom. The van der Waals surface area contributed by atoms with Crippen molar-refractivity contribution in [2.24, 2.45) is 7.05 Å². The van der Waals surface area contributed by atoms with Crippen LogP contribution in [-0.2, 0) is 7.05 Å². The highest BCUT2D eigenvalue weighted by molar-refractivity contribution is 9.10. The molecule has 26 heavy (non-hydrogen) atoms. The molecule has 5 heteroatoms. The number of para-hydroxylation sites is 1. The second-order valence-electron chi connectivity index (χ2n) is 6.12. The molecule has 0 aliphatic rings. The summed E-state index contributed by atoms with van der Waals surface area (Å²) in [6.07, 6.45) is 3.72. The van der Waals surface area contributed by atoms with Crippen LogP contribution in [0.3, 0.4) is 0 Å². The van der Waals surface area contributed by atoms with Crippen molar-refractivity contribution in [2.45, 2.75) is 13.0 Å². The Labute approximate surface area is 161 Å². The summed E-state index contributed by atoms with van der Waals surface area (Å²) in [5, 5.41) is 10.5. The van der Waals surface area contributed by atoms with Crippen LogP contribution in [0.15, 0.2) is 46.9 Å². The number of hydrogen-bond donors (Lipinski definition) is 1. The fourth-order valence-corrected chi connectivity index (χ4v) is 3.31. The Hall–Kier alpha value is -2.24. The van der Waals surface area contributed by atoms with Crippen molar-refractivity contribution in [3.05, 3.63) is 58.2 Å². The number of aryl methyl sites for hydroxylation is 1. The lowest BCUT2D eigenvalue weighted by molar-refractivity contribution is 0.126. The van der Waals surface area contributed by atoms with Gasteiger partial charge < -0.3 is 19.1 Å². The van der Waals surface area contributed by atoms with E-state index in [-0.39, 0.29) is 12.7 Å². The average molecular weight is 416 g/mol. The first kappa shape index (κ1) is 18.5. The normalized spacial score (nSPS) is 12.7. The second kappa shape index (κ2) is 7.98. The lowest BCUT2D eigenvalue weighted by atomic mass is 10.1. The molecule has 2 aromatic carbocycles. The van der Waals surface area contributed by atoms with Crippen LogP contribution in [0.5, 0.6) is 11.5 Å². The van der Waals surface area contributed by atoms with E-state index >= 15 is 0 Å². The van der Waals surface area contributed by atoms with Gasteiger partial charge in [0.15, 0.2) is 11.5 Å². The monoisotopic (exact) mass is 415 g/mol. The SMILES string of the molecule is COc1ccc(Br)c(/C=C/c2cc3ccccc3n2C)c1OC(C)CO. The molecule has 0 spiro atoms. The van der Waals surface area contributed by atoms with Crippen LogP contribution >= 0.6 is 15.9 Å². The summed E-state index contributed by atoms with van der Waals surface area (Å²) >= 11 is 3.59. The summed E-state index contributed by atoms with van der Waals surface area (Å²) < 4.78 is 14.4. The van der Waals surface area contributed by atoms with E-state index in [4.69, 9.17) is 9.47 Å². The van der Waals surface area contributed by atoms with Gasteiger partial charge in [-0.25, -0.2) is 0 Å². The van der Waals surface area contributed by atoms with Crippen LogP contribution in [0.25, 0.3) is 23.1 Å². The van der Waals surface area contributed by atoms with Crippen molar-refractivity contribution in [3.8, 4) is 11.5 Å². The van der Waals surface area contributed by atoms with Crippen molar-refractivity contribution < 1.29 is 14.6 Å². The van der Waals surface area contributed by atoms with Crippen molar-refractivity contribution in [1.82, 2.24) is 4.57 Å². The number of halogens is 1. The van der Waals surface area contributed by atoms with Gasteiger partial charge in [0.2, 0.25) is 0 Å². The number of fused-ring (bicyclic) bond motifs is 1. The molecule has 4 nitrogen and oxygen atoms in total. The van der Waals surface area contributed by atoms with Gasteiger partial charge in [-0.1, -0.05) is 34.1 Å². The third kappa shape index (κ3) is 3.64. The fraction of sp³-hybridized carbons (Fsp3) is 0.238. The van der Waals surface area contributed by atoms with Gasteiger partial charge in [0.1, 0.15) is 6.10 Å². The Morgan fingerprint density at radius 3 is 2.65 bits per heavy atom. The zero-order chi connectivity index (χ0) is 18.7. The quantitative estimate of drug-likeness (QED) is 0.623. The molecule has 0 aliphatic heterocycles. The average Bonchev–Trinajstić information content (AvgIpc) is 2.97. The fourth-order valence-electron chi connectivity index (χ4n) is 2.87. The van der Waals surface area contributed by atoms with Gasteiger partial charge in [-0.2, -0.15) is 0 Å². The Balaban J connectivity index is 2.05. The summed E-state index contributed by atoms with van der Waals surface area (Å²) in [5.41, 5.74) is 3.14. The maximum atomic E-state index is 9.35. The number of benzene rings is 2. The van der Waals surface area contributed by atoms with Crippen LogP contribution in [0, 0.1) is 0 Å². The predicted octanol–water partition coefficient (Wildman–Crippen LogP) is 4.88. The molecule has 1 aromatic heterocycles. The Kier molecular flexibility index (Phi) is 5.69. The molecule has 0 saturated heterocycles. The Morgan fingerprint density at radius 1 is 1.19 bits per heavy atom. The first-order chi connectivity index (χ1) is 12.5. The minimum Gasteiger partial charge on any atom is -0.493 e. The summed E-state index contributed by atoms with van der Waals surface area (Å²) in [4.78, 5) is 0. The van der Waals surface area contributed by atoms with Crippen molar-refractivity contribution in [3.63, 3.8) is 0 Å². The topological polar surface area (TPSA) is 43.6 Å². The maximum Gasteiger partial charge on any atom is 0.170 e. The molecular weight excluding hydrogens is 394 g/mol. The van der Waals surface area contributed by atoms with E-state index in [1.54, 1.807) is 7.11 Å². The molecule has 136 valence electrons. The van der Waals surface area contributed by atoms with Gasteiger partial charge in [0, 0.05) is 33.7 Å². The van der Waals surface area contributed by atoms with Gasteiger partial charge >= 0.3 is 0 Å². The number of aliphatic hydroxyl groups excluding tert-OH is 1. The van der Waals surface area contributed by atoms with Crippen LogP contribution in [-0.4, -0.2) is 29.5 Å². The van der Waals surface area contributed by atoms with E-state index in [1.165, 1.54) is 10.9 Å². The summed E-state index contributed by atoms with van der Waals surface area (Å²) in [6, 6.07) is 14.2. The highest BCUT2D eigenvalue weighted by atomic mass is 79.9. The second-order valence-corrected chi connectivity index (χ2v) is 6.98. The van der Waals surface area contributed by atoms with Gasteiger partial charge in [0.05, 0.1) is 13.7 Å². The van der Waals surface area contributed by atoms with E-state index in [0.29, 0.717) is 11.5 Å². The van der Waals surface area contributed by atoms with Crippen molar-refractivity contribution in [1.29, 1.82) is 0 Å². The number of nitrogens with zero attached hydrogens (tertiary/aromatic N) is 1. The molecule has 1 N–H and O–H groups in total. The number of rotatable bonds is 6. The highest BCUT2D eigenvalue weighted by Gasteiger charge is 2.15. The lowest BCUT2D eigenvalue weighted by Crippen LogP contribution is -2.17. The summed E-state index contributed by atoms with van der Waals surface area (Å²) in [7, 11) is 3.66. The molecule has 0 saturated carbocycles. The summed E-state index contributed by atoms with van der Waals surface area (Å²) in [5.74, 6) is 1.24. The molecule has 0 fully saturated rings. The minimum atomic E-state index is -0.331. The number of hydrogen-bond acceptors (Lipinski definition) is 3. The molecular formula is C21H22BrNO3. The van der Waals surface area contributed by atoms with E-state index in [9.17, 15) is 5.11 Å². The third-order valence-electron chi connectivity index (χ3n) is 4.31. The molecule has 0 radical (unpaired) electrons. The van der Waals surface area contributed by atoms with E-state index in [2.05, 4.69) is 44.8 Å². The van der Waals surface area contributed by atoms with Gasteiger partial charge in [-0.15, -0.1) is 0 Å². The first-order valence-corrected chi connectivity index (χ1v) is 9.21. The zero-order valence-electron chi connectivity index (χ0n) is 15.1. The largest absolute Gasteiger partial charge is 0.493 e. The van der Waals surface area contributed by atoms with Gasteiger partial charge in [0.25, 0.3) is 0 Å². The molecule has 1 heterocycles. The third-order valence-corrected chi connectivity index (χ3v) is 5.00. The van der Waals surface area contributed by atoms with E-state index in [0.717, 1.165) is 15.7 Å². The van der Waals surface area contributed by atoms with Crippen LogP contribution in [0.1, 0.15) is 18.2 Å². The molecule has 0 bridgehead atoms. The zero-order valence-corrected chi connectivity index (χ0v) is 16.7. The number of methoxy groups -OCH3 is 1. The Bertz CT molecular complexity index is 946. The summed E-state index contributed by atoms with van der Waals surface area (Å²) in [6.45, 7) is 1.75. The smallest absolute Gasteiger partial charge is 0.170 e. The molecule has 0 amide bonds. The van der Waals surface area contributed by atoms with Crippen molar-refractivity contribution in [2.75, 3.05) is 13.7 Å².